The second-order valence-corrected chi connectivity index (χ2v) is 4.78. The van der Waals surface area contributed by atoms with Crippen molar-refractivity contribution >= 4 is 5.65 Å². The van der Waals surface area contributed by atoms with E-state index in [4.69, 9.17) is 5.73 Å². The van der Waals surface area contributed by atoms with E-state index in [9.17, 15) is 0 Å². The van der Waals surface area contributed by atoms with E-state index in [0.29, 0.717) is 5.92 Å². The Kier molecular flexibility index (Phi) is 2.72. The highest BCUT2D eigenvalue weighted by molar-refractivity contribution is 5.46. The molecule has 2 N–H and O–H groups in total. The first-order chi connectivity index (χ1) is 7.50. The van der Waals surface area contributed by atoms with Crippen LogP contribution in [0.3, 0.4) is 0 Å². The van der Waals surface area contributed by atoms with Gasteiger partial charge in [-0.25, -0.2) is 4.98 Å². The monoisotopic (exact) mass is 217 g/mol. The third kappa shape index (κ3) is 1.71. The zero-order valence-corrected chi connectivity index (χ0v) is 10.4. The molecule has 86 valence electrons. The lowest BCUT2D eigenvalue weighted by Crippen LogP contribution is -2.19. The first-order valence-corrected chi connectivity index (χ1v) is 5.71. The number of fused-ring (bicyclic) bond motifs is 1. The Balaban J connectivity index is 2.65. The molecule has 3 nitrogen and oxygen atoms in total. The van der Waals surface area contributed by atoms with Crippen molar-refractivity contribution in [3.63, 3.8) is 0 Å². The van der Waals surface area contributed by atoms with Gasteiger partial charge in [-0.05, 0) is 37.5 Å². The standard InChI is InChI=1S/C13H19N3/c1-8(2)12(14)13-10(4)15-11-7-9(3)5-6-16(11)13/h5-8,12H,14H2,1-4H3. The van der Waals surface area contributed by atoms with Crippen molar-refractivity contribution in [1.29, 1.82) is 0 Å². The van der Waals surface area contributed by atoms with Crippen molar-refractivity contribution in [2.75, 3.05) is 0 Å². The summed E-state index contributed by atoms with van der Waals surface area (Å²) in [6.07, 6.45) is 2.06. The van der Waals surface area contributed by atoms with Crippen LogP contribution in [0.2, 0.25) is 0 Å². The van der Waals surface area contributed by atoms with Crippen LogP contribution in [0.25, 0.3) is 5.65 Å². The molecule has 0 spiro atoms. The largest absolute Gasteiger partial charge is 0.322 e. The van der Waals surface area contributed by atoms with E-state index in [-0.39, 0.29) is 6.04 Å². The fraction of sp³-hybridized carbons (Fsp3) is 0.462. The summed E-state index contributed by atoms with van der Waals surface area (Å²) in [6, 6.07) is 4.21. The Labute approximate surface area is 96.3 Å². The molecule has 0 bridgehead atoms. The van der Waals surface area contributed by atoms with Gasteiger partial charge in [-0.15, -0.1) is 0 Å². The maximum Gasteiger partial charge on any atom is 0.137 e. The van der Waals surface area contributed by atoms with Crippen molar-refractivity contribution in [2.45, 2.75) is 33.7 Å². The van der Waals surface area contributed by atoms with Crippen molar-refractivity contribution in [1.82, 2.24) is 9.38 Å². The molecule has 1 atom stereocenters. The lowest BCUT2D eigenvalue weighted by atomic mass is 10.0. The van der Waals surface area contributed by atoms with E-state index in [1.807, 2.05) is 6.92 Å². The molecule has 0 fully saturated rings. The van der Waals surface area contributed by atoms with Crippen molar-refractivity contribution in [3.8, 4) is 0 Å². The van der Waals surface area contributed by atoms with Gasteiger partial charge in [0, 0.05) is 12.2 Å². The predicted molar refractivity (Wildman–Crippen MR) is 66.4 cm³/mol. The number of nitrogens with two attached hydrogens (primary N) is 1. The van der Waals surface area contributed by atoms with E-state index >= 15 is 0 Å². The van der Waals surface area contributed by atoms with Gasteiger partial charge in [-0.2, -0.15) is 0 Å². The third-order valence-corrected chi connectivity index (χ3v) is 3.04. The second kappa shape index (κ2) is 3.91. The van der Waals surface area contributed by atoms with Crippen molar-refractivity contribution < 1.29 is 0 Å². The normalized spacial score (nSPS) is 13.6. The average Bonchev–Trinajstić information content (AvgIpc) is 2.51. The molecular formula is C13H19N3. The van der Waals surface area contributed by atoms with Crippen LogP contribution >= 0.6 is 0 Å². The van der Waals surface area contributed by atoms with Gasteiger partial charge in [0.15, 0.2) is 0 Å². The smallest absolute Gasteiger partial charge is 0.137 e. The molecule has 0 amide bonds. The van der Waals surface area contributed by atoms with E-state index < -0.39 is 0 Å². The lowest BCUT2D eigenvalue weighted by molar-refractivity contribution is 0.498. The number of rotatable bonds is 2. The van der Waals surface area contributed by atoms with Crippen LogP contribution in [0, 0.1) is 19.8 Å². The van der Waals surface area contributed by atoms with Crippen LogP contribution in [-0.2, 0) is 0 Å². The minimum atomic E-state index is 0.0395. The molecule has 2 heterocycles. The Morgan fingerprint density at radius 1 is 1.31 bits per heavy atom. The van der Waals surface area contributed by atoms with Gasteiger partial charge in [-0.1, -0.05) is 13.8 Å². The summed E-state index contributed by atoms with van der Waals surface area (Å²) >= 11 is 0. The van der Waals surface area contributed by atoms with Crippen LogP contribution in [0.4, 0.5) is 0 Å². The number of aromatic nitrogens is 2. The van der Waals surface area contributed by atoms with E-state index in [0.717, 1.165) is 17.0 Å². The summed E-state index contributed by atoms with van der Waals surface area (Å²) in [5.41, 5.74) is 10.6. The summed E-state index contributed by atoms with van der Waals surface area (Å²) in [7, 11) is 0. The molecular weight excluding hydrogens is 198 g/mol. The minimum Gasteiger partial charge on any atom is -0.322 e. The maximum absolute atomic E-state index is 6.23. The summed E-state index contributed by atoms with van der Waals surface area (Å²) in [5.74, 6) is 0.417. The van der Waals surface area contributed by atoms with Crippen molar-refractivity contribution in [3.05, 3.63) is 35.3 Å². The SMILES string of the molecule is Cc1ccn2c(C(N)C(C)C)c(C)nc2c1. The molecule has 0 saturated heterocycles. The maximum atomic E-state index is 6.23. The molecule has 2 aromatic heterocycles. The molecule has 3 heteroatoms. The van der Waals surface area contributed by atoms with Crippen LogP contribution in [0.1, 0.15) is 36.8 Å². The van der Waals surface area contributed by atoms with Gasteiger partial charge in [-0.3, -0.25) is 0 Å². The number of pyridine rings is 1. The first-order valence-electron chi connectivity index (χ1n) is 5.71. The van der Waals surface area contributed by atoms with Crippen LogP contribution < -0.4 is 5.73 Å². The second-order valence-electron chi connectivity index (χ2n) is 4.78. The zero-order chi connectivity index (χ0) is 11.9. The highest BCUT2D eigenvalue weighted by Crippen LogP contribution is 2.23. The summed E-state index contributed by atoms with van der Waals surface area (Å²) < 4.78 is 2.10. The summed E-state index contributed by atoms with van der Waals surface area (Å²) in [4.78, 5) is 4.56. The number of imidazole rings is 1. The van der Waals surface area contributed by atoms with E-state index in [2.05, 4.69) is 48.5 Å². The molecule has 0 aromatic carbocycles. The van der Waals surface area contributed by atoms with Crippen LogP contribution in [0.5, 0.6) is 0 Å². The number of hydrogen-bond acceptors (Lipinski definition) is 2. The van der Waals surface area contributed by atoms with Gasteiger partial charge in [0.2, 0.25) is 0 Å². The third-order valence-electron chi connectivity index (χ3n) is 3.04. The fourth-order valence-corrected chi connectivity index (χ4v) is 2.00. The van der Waals surface area contributed by atoms with Gasteiger partial charge in [0.25, 0.3) is 0 Å². The average molecular weight is 217 g/mol. The first kappa shape index (κ1) is 11.1. The van der Waals surface area contributed by atoms with Gasteiger partial charge in [0.05, 0.1) is 11.4 Å². The Bertz CT molecular complexity index is 511. The van der Waals surface area contributed by atoms with Crippen molar-refractivity contribution in [2.24, 2.45) is 11.7 Å². The highest BCUT2D eigenvalue weighted by atomic mass is 15.0. The summed E-state index contributed by atoms with van der Waals surface area (Å²) in [5, 5.41) is 0. The van der Waals surface area contributed by atoms with E-state index in [1.54, 1.807) is 0 Å². The van der Waals surface area contributed by atoms with Crippen LogP contribution in [0.15, 0.2) is 18.3 Å². The number of hydrogen-bond donors (Lipinski definition) is 1. The molecule has 0 aliphatic heterocycles. The zero-order valence-electron chi connectivity index (χ0n) is 10.4. The molecule has 0 aliphatic rings. The molecule has 0 aliphatic carbocycles. The quantitative estimate of drug-likeness (QED) is 0.840. The number of aryl methyl sites for hydroxylation is 2. The Morgan fingerprint density at radius 3 is 2.62 bits per heavy atom. The lowest BCUT2D eigenvalue weighted by Gasteiger charge is -2.16. The Morgan fingerprint density at radius 2 is 2.00 bits per heavy atom. The highest BCUT2D eigenvalue weighted by Gasteiger charge is 2.18. The van der Waals surface area contributed by atoms with E-state index in [1.165, 1.54) is 5.56 Å². The Hall–Kier alpha value is -1.35. The molecule has 16 heavy (non-hydrogen) atoms. The fourth-order valence-electron chi connectivity index (χ4n) is 2.00. The minimum absolute atomic E-state index is 0.0395. The van der Waals surface area contributed by atoms with Gasteiger partial charge < -0.3 is 10.1 Å². The predicted octanol–water partition coefficient (Wildman–Crippen LogP) is 2.61. The van der Waals surface area contributed by atoms with Crippen LogP contribution in [-0.4, -0.2) is 9.38 Å². The molecule has 2 aromatic rings. The molecule has 0 radical (unpaired) electrons. The number of nitrogens with zero attached hydrogens (tertiary/aromatic N) is 2. The molecule has 1 unspecified atom stereocenters. The molecule has 0 saturated carbocycles. The van der Waals surface area contributed by atoms with Gasteiger partial charge in [0.1, 0.15) is 5.65 Å². The van der Waals surface area contributed by atoms with Gasteiger partial charge >= 0.3 is 0 Å². The summed E-state index contributed by atoms with van der Waals surface area (Å²) in [6.45, 7) is 8.38. The topological polar surface area (TPSA) is 43.3 Å². The molecule has 2 rings (SSSR count).